The lowest BCUT2D eigenvalue weighted by molar-refractivity contribution is -0.129. The van der Waals surface area contributed by atoms with E-state index in [1.165, 1.54) is 11.8 Å². The molecule has 0 aliphatic carbocycles. The highest BCUT2D eigenvalue weighted by atomic mass is 32.2. The van der Waals surface area contributed by atoms with E-state index in [0.717, 1.165) is 10.6 Å². The number of ether oxygens (including phenoxy) is 1. The van der Waals surface area contributed by atoms with Crippen molar-refractivity contribution in [3.05, 3.63) is 54.1 Å². The molecule has 0 heterocycles. The van der Waals surface area contributed by atoms with Gasteiger partial charge in [-0.3, -0.25) is 9.59 Å². The number of anilines is 1. The highest BCUT2D eigenvalue weighted by Crippen LogP contribution is 2.30. The van der Waals surface area contributed by atoms with Crippen LogP contribution >= 0.6 is 23.5 Å². The lowest BCUT2D eigenvalue weighted by Crippen LogP contribution is -2.26. The summed E-state index contributed by atoms with van der Waals surface area (Å²) >= 11 is 2.83. The van der Waals surface area contributed by atoms with E-state index in [9.17, 15) is 14.4 Å². The molecule has 2 rings (SSSR count). The number of thioether (sulfide) groups is 2. The minimum atomic E-state index is -0.575. The second-order valence-corrected chi connectivity index (χ2v) is 9.93. The van der Waals surface area contributed by atoms with Crippen molar-refractivity contribution < 1.29 is 19.1 Å². The molecule has 0 unspecified atom stereocenters. The van der Waals surface area contributed by atoms with Crippen molar-refractivity contribution in [3.8, 4) is 0 Å². The Kier molecular flexibility index (Phi) is 8.55. The third-order valence-electron chi connectivity index (χ3n) is 4.32. The Hall–Kier alpha value is -2.25. The van der Waals surface area contributed by atoms with Gasteiger partial charge in [0.15, 0.2) is 12.4 Å². The van der Waals surface area contributed by atoms with Crippen molar-refractivity contribution in [2.45, 2.75) is 42.7 Å². The van der Waals surface area contributed by atoms with Gasteiger partial charge in [-0.1, -0.05) is 45.0 Å². The van der Waals surface area contributed by atoms with E-state index in [2.05, 4.69) is 5.32 Å². The van der Waals surface area contributed by atoms with Gasteiger partial charge in [0, 0.05) is 15.2 Å². The van der Waals surface area contributed by atoms with Crippen LogP contribution in [0.4, 0.5) is 5.69 Å². The summed E-state index contributed by atoms with van der Waals surface area (Å²) in [5, 5.41) is 2.51. The molecule has 0 saturated heterocycles. The topological polar surface area (TPSA) is 72.5 Å². The van der Waals surface area contributed by atoms with Gasteiger partial charge in [0.2, 0.25) is 5.91 Å². The molecule has 1 amide bonds. The van der Waals surface area contributed by atoms with Gasteiger partial charge in [-0.15, -0.1) is 23.5 Å². The second-order valence-electron chi connectivity index (χ2n) is 7.70. The molecular weight excluding hydrogens is 418 g/mol. The first-order chi connectivity index (χ1) is 14.1. The van der Waals surface area contributed by atoms with Crippen LogP contribution in [0.15, 0.2) is 58.3 Å². The summed E-state index contributed by atoms with van der Waals surface area (Å²) in [5.41, 5.74) is 0.526. The molecule has 5 nitrogen and oxygen atoms in total. The third kappa shape index (κ3) is 6.64. The summed E-state index contributed by atoms with van der Waals surface area (Å²) in [7, 11) is 0. The normalized spacial score (nSPS) is 12.2. The number of carbonyl (C=O) groups is 3. The molecule has 0 aliphatic heterocycles. The fraction of sp³-hybridized carbons (Fsp3) is 0.348. The van der Waals surface area contributed by atoms with Crippen LogP contribution in [0.5, 0.6) is 0 Å². The van der Waals surface area contributed by atoms with Crippen molar-refractivity contribution in [1.82, 2.24) is 0 Å². The predicted octanol–water partition coefficient (Wildman–Crippen LogP) is 5.30. The van der Waals surface area contributed by atoms with Crippen molar-refractivity contribution in [3.63, 3.8) is 0 Å². The molecule has 0 bridgehead atoms. The number of rotatable bonds is 8. The van der Waals surface area contributed by atoms with E-state index < -0.39 is 16.6 Å². The summed E-state index contributed by atoms with van der Waals surface area (Å²) in [6, 6.07) is 14.5. The van der Waals surface area contributed by atoms with Gasteiger partial charge in [0.05, 0.1) is 16.5 Å². The number of carbonyl (C=O) groups excluding carboxylic acids is 3. The van der Waals surface area contributed by atoms with E-state index in [1.54, 1.807) is 63.7 Å². The Balaban J connectivity index is 2.07. The maximum atomic E-state index is 12.7. The lowest BCUT2D eigenvalue weighted by Gasteiger charge is -2.17. The zero-order chi connectivity index (χ0) is 22.3. The Morgan fingerprint density at radius 2 is 1.60 bits per heavy atom. The number of hydrogen-bond donors (Lipinski definition) is 1. The van der Waals surface area contributed by atoms with Crippen molar-refractivity contribution >= 4 is 46.9 Å². The van der Waals surface area contributed by atoms with E-state index in [0.29, 0.717) is 10.5 Å². The highest BCUT2D eigenvalue weighted by Gasteiger charge is 2.24. The minimum absolute atomic E-state index is 0.152. The van der Waals surface area contributed by atoms with Crippen LogP contribution in [0.2, 0.25) is 0 Å². The molecule has 0 aromatic heterocycles. The predicted molar refractivity (Wildman–Crippen MR) is 123 cm³/mol. The zero-order valence-electron chi connectivity index (χ0n) is 17.9. The van der Waals surface area contributed by atoms with Crippen LogP contribution in [0.25, 0.3) is 0 Å². The molecule has 2 aromatic rings. The Labute approximate surface area is 186 Å². The number of nitrogens with one attached hydrogen (secondary N) is 1. The molecule has 7 heteroatoms. The quantitative estimate of drug-likeness (QED) is 0.439. The van der Waals surface area contributed by atoms with Crippen molar-refractivity contribution in [2.24, 2.45) is 5.41 Å². The van der Waals surface area contributed by atoms with Gasteiger partial charge in [-0.2, -0.15) is 0 Å². The van der Waals surface area contributed by atoms with E-state index >= 15 is 0 Å². The average molecular weight is 446 g/mol. The summed E-state index contributed by atoms with van der Waals surface area (Å²) in [4.78, 5) is 38.9. The number of para-hydroxylation sites is 1. The monoisotopic (exact) mass is 445 g/mol. The van der Waals surface area contributed by atoms with Gasteiger partial charge >= 0.3 is 5.97 Å². The first-order valence-electron chi connectivity index (χ1n) is 9.53. The zero-order valence-corrected chi connectivity index (χ0v) is 19.5. The molecule has 0 saturated carbocycles. The molecule has 2 aromatic carbocycles. The SMILES string of the molecule is CSc1ccccc1NC(=O)[C@@H](C)Sc1ccccc1C(=O)OCC(=O)C(C)(C)C. The molecule has 0 aliphatic rings. The molecule has 1 N–H and O–H groups in total. The summed E-state index contributed by atoms with van der Waals surface area (Å²) in [5.74, 6) is -0.884. The first-order valence-corrected chi connectivity index (χ1v) is 11.6. The highest BCUT2D eigenvalue weighted by molar-refractivity contribution is 8.00. The number of ketones is 1. The fourth-order valence-corrected chi connectivity index (χ4v) is 3.93. The van der Waals surface area contributed by atoms with Crippen LogP contribution in [-0.2, 0) is 14.3 Å². The van der Waals surface area contributed by atoms with Crippen LogP contribution in [0.3, 0.4) is 0 Å². The van der Waals surface area contributed by atoms with E-state index in [-0.39, 0.29) is 18.3 Å². The third-order valence-corrected chi connectivity index (χ3v) is 6.29. The maximum absolute atomic E-state index is 12.7. The average Bonchev–Trinajstić information content (AvgIpc) is 2.71. The number of amides is 1. The molecular formula is C23H27NO4S2. The molecule has 0 fully saturated rings. The molecule has 160 valence electrons. The van der Waals surface area contributed by atoms with Crippen LogP contribution in [0, 0.1) is 5.41 Å². The lowest BCUT2D eigenvalue weighted by atomic mass is 9.91. The fourth-order valence-electron chi connectivity index (χ4n) is 2.39. The minimum Gasteiger partial charge on any atom is -0.454 e. The van der Waals surface area contributed by atoms with Crippen LogP contribution in [-0.4, -0.2) is 35.8 Å². The molecule has 0 spiro atoms. The number of esters is 1. The Bertz CT molecular complexity index is 921. The first kappa shape index (κ1) is 24.0. The Morgan fingerprint density at radius 1 is 1.00 bits per heavy atom. The molecule has 1 atom stereocenters. The molecule has 30 heavy (non-hydrogen) atoms. The number of hydrogen-bond acceptors (Lipinski definition) is 6. The smallest absolute Gasteiger partial charge is 0.339 e. The van der Waals surface area contributed by atoms with E-state index in [1.807, 2.05) is 30.5 Å². The van der Waals surface area contributed by atoms with Gasteiger partial charge in [0.1, 0.15) is 0 Å². The summed E-state index contributed by atoms with van der Waals surface area (Å²) in [6.07, 6.45) is 1.95. The number of Topliss-reactive ketones (excluding diaryl/α,β-unsaturated/α-hetero) is 1. The van der Waals surface area contributed by atoms with Gasteiger partial charge in [0.25, 0.3) is 0 Å². The maximum Gasteiger partial charge on any atom is 0.339 e. The number of benzene rings is 2. The molecule has 0 radical (unpaired) electrons. The largest absolute Gasteiger partial charge is 0.454 e. The van der Waals surface area contributed by atoms with Crippen LogP contribution < -0.4 is 5.32 Å². The van der Waals surface area contributed by atoms with Crippen molar-refractivity contribution in [2.75, 3.05) is 18.2 Å². The van der Waals surface area contributed by atoms with Gasteiger partial charge in [-0.05, 0) is 37.4 Å². The van der Waals surface area contributed by atoms with E-state index in [4.69, 9.17) is 4.74 Å². The van der Waals surface area contributed by atoms with Gasteiger partial charge < -0.3 is 10.1 Å². The standard InChI is InChI=1S/C23H27NO4S2/c1-15(21(26)24-17-11-7-9-13-19(17)29-5)30-18-12-8-6-10-16(18)22(27)28-14-20(25)23(2,3)4/h6-13,15H,14H2,1-5H3,(H,24,26)/t15-/m1/s1. The summed E-state index contributed by atoms with van der Waals surface area (Å²) < 4.78 is 5.22. The van der Waals surface area contributed by atoms with Gasteiger partial charge in [-0.25, -0.2) is 4.79 Å². The Morgan fingerprint density at radius 3 is 2.23 bits per heavy atom. The second kappa shape index (κ2) is 10.7. The van der Waals surface area contributed by atoms with Crippen LogP contribution in [0.1, 0.15) is 38.1 Å². The summed E-state index contributed by atoms with van der Waals surface area (Å²) in [6.45, 7) is 6.85. The van der Waals surface area contributed by atoms with Crippen molar-refractivity contribution in [1.29, 1.82) is 0 Å².